The maximum atomic E-state index is 3.59. The van der Waals surface area contributed by atoms with E-state index in [-0.39, 0.29) is 17.0 Å². The summed E-state index contributed by atoms with van der Waals surface area (Å²) in [4.78, 5) is 0. The lowest BCUT2D eigenvalue weighted by Crippen LogP contribution is -3.00. The molecule has 0 aliphatic rings. The summed E-state index contributed by atoms with van der Waals surface area (Å²) in [5, 5.41) is 4.26. The zero-order chi connectivity index (χ0) is 19.4. The van der Waals surface area contributed by atoms with Crippen molar-refractivity contribution >= 4 is 39.1 Å². The van der Waals surface area contributed by atoms with Crippen LogP contribution in [0.4, 0.5) is 0 Å². The second-order valence-corrected chi connectivity index (χ2v) is 11.6. The molecule has 0 aliphatic carbocycles. The van der Waals surface area contributed by atoms with Gasteiger partial charge >= 0.3 is 0 Å². The molecule has 0 spiro atoms. The highest BCUT2D eigenvalue weighted by molar-refractivity contribution is 9.10. The minimum atomic E-state index is -1.90. The Balaban J connectivity index is 0.00000240. The number of benzene rings is 4. The van der Waals surface area contributed by atoms with E-state index in [0.717, 1.165) is 4.47 Å². The number of rotatable bonds is 5. The molecule has 0 bridgehead atoms. The topological polar surface area (TPSA) is 0 Å². The molecule has 4 aromatic carbocycles. The van der Waals surface area contributed by atoms with Crippen molar-refractivity contribution in [3.05, 3.63) is 125 Å². The molecular formula is C26H23Br2P. The van der Waals surface area contributed by atoms with Crippen LogP contribution in [-0.2, 0) is 0 Å². The highest BCUT2D eigenvalue weighted by Gasteiger charge is 2.50. The van der Waals surface area contributed by atoms with Gasteiger partial charge in [-0.2, -0.15) is 0 Å². The molecule has 0 heterocycles. The summed E-state index contributed by atoms with van der Waals surface area (Å²) >= 11 is 3.59. The fraction of sp³-hybridized carbons (Fsp3) is 0.0769. The van der Waals surface area contributed by atoms with Crippen molar-refractivity contribution < 1.29 is 17.0 Å². The molecule has 1 unspecified atom stereocenters. The van der Waals surface area contributed by atoms with Crippen molar-refractivity contribution in [2.75, 3.05) is 0 Å². The van der Waals surface area contributed by atoms with Crippen LogP contribution >= 0.6 is 23.2 Å². The highest BCUT2D eigenvalue weighted by atomic mass is 79.9. The van der Waals surface area contributed by atoms with E-state index < -0.39 is 7.26 Å². The van der Waals surface area contributed by atoms with Crippen LogP contribution in [0.5, 0.6) is 0 Å². The van der Waals surface area contributed by atoms with Crippen LogP contribution in [0, 0.1) is 0 Å². The van der Waals surface area contributed by atoms with E-state index in [1.165, 1.54) is 21.5 Å². The molecule has 146 valence electrons. The van der Waals surface area contributed by atoms with E-state index in [2.05, 4.69) is 138 Å². The van der Waals surface area contributed by atoms with Gasteiger partial charge in [-0.25, -0.2) is 0 Å². The van der Waals surface area contributed by atoms with Gasteiger partial charge in [0.05, 0.1) is 0 Å². The Morgan fingerprint density at radius 1 is 0.552 bits per heavy atom. The average Bonchev–Trinajstić information content (AvgIpc) is 2.77. The summed E-state index contributed by atoms with van der Waals surface area (Å²) in [6, 6.07) is 42.0. The molecule has 1 atom stereocenters. The number of hydrogen-bond donors (Lipinski definition) is 0. The fourth-order valence-electron chi connectivity index (χ4n) is 4.07. The Kier molecular flexibility index (Phi) is 7.46. The largest absolute Gasteiger partial charge is 1.00 e. The lowest BCUT2D eigenvalue weighted by Gasteiger charge is -2.33. The van der Waals surface area contributed by atoms with Crippen molar-refractivity contribution in [1.82, 2.24) is 0 Å². The van der Waals surface area contributed by atoms with Gasteiger partial charge in [-0.15, -0.1) is 0 Å². The molecular weight excluding hydrogens is 503 g/mol. The highest BCUT2D eigenvalue weighted by Crippen LogP contribution is 2.66. The zero-order valence-electron chi connectivity index (χ0n) is 16.3. The predicted molar refractivity (Wildman–Crippen MR) is 128 cm³/mol. The van der Waals surface area contributed by atoms with Crippen LogP contribution in [0.1, 0.15) is 18.1 Å². The molecule has 4 rings (SSSR count). The number of hydrogen-bond acceptors (Lipinski definition) is 0. The summed E-state index contributed by atoms with van der Waals surface area (Å²) in [6.45, 7) is 2.39. The first-order chi connectivity index (χ1) is 13.7. The minimum Gasteiger partial charge on any atom is -1.00 e. The summed E-state index contributed by atoms with van der Waals surface area (Å²) in [5.74, 6) is 0. The van der Waals surface area contributed by atoms with Gasteiger partial charge in [0.15, 0.2) is 0 Å². The van der Waals surface area contributed by atoms with Gasteiger partial charge in [0.1, 0.15) is 28.8 Å². The molecule has 0 radical (unpaired) electrons. The molecule has 0 fully saturated rings. The third-order valence-electron chi connectivity index (χ3n) is 5.42. The molecule has 0 N–H and O–H groups in total. The van der Waals surface area contributed by atoms with E-state index in [0.29, 0.717) is 5.66 Å². The second-order valence-electron chi connectivity index (χ2n) is 6.96. The zero-order valence-corrected chi connectivity index (χ0v) is 20.3. The molecule has 0 nitrogen and oxygen atoms in total. The van der Waals surface area contributed by atoms with Crippen LogP contribution < -0.4 is 32.9 Å². The van der Waals surface area contributed by atoms with Gasteiger partial charge in [0.2, 0.25) is 0 Å². The Labute approximate surface area is 193 Å². The van der Waals surface area contributed by atoms with Crippen LogP contribution in [0.3, 0.4) is 0 Å². The quantitative estimate of drug-likeness (QED) is 0.350. The first-order valence-corrected chi connectivity index (χ1v) is 12.2. The summed E-state index contributed by atoms with van der Waals surface area (Å²) in [6.07, 6.45) is 0. The van der Waals surface area contributed by atoms with Gasteiger partial charge in [-0.3, -0.25) is 0 Å². The van der Waals surface area contributed by atoms with E-state index in [1.54, 1.807) is 0 Å². The van der Waals surface area contributed by atoms with E-state index in [1.807, 2.05) is 0 Å². The Morgan fingerprint density at radius 2 is 0.897 bits per heavy atom. The van der Waals surface area contributed by atoms with Crippen LogP contribution in [-0.4, -0.2) is 0 Å². The third kappa shape index (κ3) is 4.26. The van der Waals surface area contributed by atoms with Crippen molar-refractivity contribution in [2.24, 2.45) is 0 Å². The predicted octanol–water partition coefficient (Wildman–Crippen LogP) is 3.51. The van der Waals surface area contributed by atoms with Crippen molar-refractivity contribution in [3.63, 3.8) is 0 Å². The van der Waals surface area contributed by atoms with Gasteiger partial charge in [0, 0.05) is 4.47 Å². The normalized spacial score (nSPS) is 12.1. The second kappa shape index (κ2) is 9.85. The molecule has 0 aliphatic heterocycles. The van der Waals surface area contributed by atoms with Gasteiger partial charge < -0.3 is 17.0 Å². The summed E-state index contributed by atoms with van der Waals surface area (Å²) in [7, 11) is -1.90. The monoisotopic (exact) mass is 524 g/mol. The molecule has 0 amide bonds. The minimum absolute atomic E-state index is 0. The van der Waals surface area contributed by atoms with Gasteiger partial charge in [0.25, 0.3) is 0 Å². The maximum Gasteiger partial charge on any atom is 0.119 e. The fourth-order valence-corrected chi connectivity index (χ4v) is 9.12. The average molecular weight is 526 g/mol. The first kappa shape index (κ1) is 22.0. The Hall–Kier alpha value is -1.73. The van der Waals surface area contributed by atoms with E-state index in [4.69, 9.17) is 0 Å². The molecule has 0 aromatic heterocycles. The van der Waals surface area contributed by atoms with E-state index >= 15 is 0 Å². The van der Waals surface area contributed by atoms with Gasteiger partial charge in [-0.05, 0) is 61.0 Å². The smallest absolute Gasteiger partial charge is 0.119 e. The molecule has 0 saturated heterocycles. The molecule has 3 heteroatoms. The third-order valence-corrected chi connectivity index (χ3v) is 10.8. The van der Waals surface area contributed by atoms with Gasteiger partial charge in [-0.1, -0.05) is 82.7 Å². The number of halogens is 2. The standard InChI is InChI=1S/C26H23BrP.BrH/c1-21(22-17-19-23(27)20-18-22)28(24-11-5-2-6-12-24,25-13-7-3-8-14-25)26-15-9-4-10-16-26;/h2-21H,1H3;1H/q+1;/p-1. The summed E-state index contributed by atoms with van der Waals surface area (Å²) < 4.78 is 1.12. The van der Waals surface area contributed by atoms with Crippen LogP contribution in [0.15, 0.2) is 120 Å². The molecule has 29 heavy (non-hydrogen) atoms. The van der Waals surface area contributed by atoms with E-state index in [9.17, 15) is 0 Å². The van der Waals surface area contributed by atoms with Crippen LogP contribution in [0.25, 0.3) is 0 Å². The Morgan fingerprint density at radius 3 is 1.24 bits per heavy atom. The lowest BCUT2D eigenvalue weighted by atomic mass is 10.2. The van der Waals surface area contributed by atoms with Crippen molar-refractivity contribution in [2.45, 2.75) is 12.6 Å². The lowest BCUT2D eigenvalue weighted by molar-refractivity contribution is -0.00000530. The van der Waals surface area contributed by atoms with Crippen LogP contribution in [0.2, 0.25) is 0 Å². The maximum absolute atomic E-state index is 3.59. The first-order valence-electron chi connectivity index (χ1n) is 9.54. The summed E-state index contributed by atoms with van der Waals surface area (Å²) in [5.41, 5.74) is 1.72. The van der Waals surface area contributed by atoms with Crippen molar-refractivity contribution in [3.8, 4) is 0 Å². The molecule has 0 saturated carbocycles. The van der Waals surface area contributed by atoms with Crippen molar-refractivity contribution in [1.29, 1.82) is 0 Å². The SMILES string of the molecule is CC(c1ccc(Br)cc1)[P+](c1ccccc1)(c1ccccc1)c1ccccc1.[Br-]. The Bertz CT molecular complexity index is 920. The molecule has 4 aromatic rings.